The van der Waals surface area contributed by atoms with Crippen LogP contribution in [0.3, 0.4) is 0 Å². The summed E-state index contributed by atoms with van der Waals surface area (Å²) < 4.78 is 0. The Bertz CT molecular complexity index is 727. The molecule has 0 rings (SSSR count). The van der Waals surface area contributed by atoms with Crippen LogP contribution >= 0.6 is 0 Å². The van der Waals surface area contributed by atoms with Gasteiger partial charge in [0.05, 0.1) is 0 Å². The molecule has 0 saturated heterocycles. The number of rotatable bonds is 38. The number of nitrogens with zero attached hydrogens (tertiary/aromatic N) is 1. The Balaban J connectivity index is -0.00000387. The molecule has 318 valence electrons. The Hall–Kier alpha value is -1.63. The highest BCUT2D eigenvalue weighted by Crippen LogP contribution is 2.25. The highest BCUT2D eigenvalue weighted by Gasteiger charge is 2.22. The first-order chi connectivity index (χ1) is 25.7. The van der Waals surface area contributed by atoms with Crippen molar-refractivity contribution in [3.8, 4) is 0 Å². The van der Waals surface area contributed by atoms with E-state index in [1.165, 1.54) is 212 Å². The highest BCUT2D eigenvalue weighted by atomic mass is 16.3. The molecular weight excluding hydrogens is 661 g/mol. The van der Waals surface area contributed by atoms with Crippen LogP contribution in [0.25, 0.3) is 0 Å². The number of amides is 1. The van der Waals surface area contributed by atoms with Gasteiger partial charge in [0.1, 0.15) is 0 Å². The predicted molar refractivity (Wildman–Crippen MR) is 230 cm³/mol. The molecule has 0 spiro atoms. The van der Waals surface area contributed by atoms with E-state index in [9.17, 15) is 4.79 Å². The molecule has 0 aromatic carbocycles. The van der Waals surface area contributed by atoms with Gasteiger partial charge in [-0.25, -0.2) is 0 Å². The maximum atomic E-state index is 11.6. The lowest BCUT2D eigenvalue weighted by atomic mass is 9.89. The third-order valence-corrected chi connectivity index (χ3v) is 10.6. The zero-order chi connectivity index (χ0) is 40.1. The Kier molecular flexibility index (Phi) is 48.9. The number of nitrogens with one attached hydrogen (secondary N) is 1. The largest absolute Gasteiger partial charge is 0.483 e. The van der Waals surface area contributed by atoms with Gasteiger partial charge < -0.3 is 20.4 Å². The molecule has 0 heterocycles. The average Bonchev–Trinajstić information content (AvgIpc) is 3.12. The van der Waals surface area contributed by atoms with Gasteiger partial charge in [0.25, 0.3) is 12.9 Å². The van der Waals surface area contributed by atoms with E-state index >= 15 is 0 Å². The van der Waals surface area contributed by atoms with E-state index in [1.807, 2.05) is 0 Å². The van der Waals surface area contributed by atoms with Crippen LogP contribution in [-0.4, -0.2) is 60.1 Å². The van der Waals surface area contributed by atoms with Gasteiger partial charge in [-0.15, -0.1) is 0 Å². The van der Waals surface area contributed by atoms with Crippen LogP contribution in [0.1, 0.15) is 241 Å². The van der Waals surface area contributed by atoms with Gasteiger partial charge in [0, 0.05) is 20.0 Å². The van der Waals surface area contributed by atoms with Crippen molar-refractivity contribution >= 4 is 18.9 Å². The van der Waals surface area contributed by atoms with Crippen LogP contribution < -0.4 is 5.32 Å². The second-order valence-corrected chi connectivity index (χ2v) is 16.6. The highest BCUT2D eigenvalue weighted by molar-refractivity contribution is 5.72. The van der Waals surface area contributed by atoms with Crippen molar-refractivity contribution in [2.24, 2.45) is 11.3 Å². The lowest BCUT2D eigenvalue weighted by molar-refractivity contribution is -0.123. The Morgan fingerprint density at radius 1 is 0.528 bits per heavy atom. The second kappa shape index (κ2) is 46.5. The van der Waals surface area contributed by atoms with Gasteiger partial charge >= 0.3 is 0 Å². The lowest BCUT2D eigenvalue weighted by Crippen LogP contribution is -2.42. The molecule has 0 aliphatic carbocycles. The molecule has 3 N–H and O–H groups in total. The number of unbranched alkanes of at least 4 members (excludes halogenated alkanes) is 24. The Labute approximate surface area is 331 Å². The number of carbonyl (C=O) groups is 3. The fraction of sp³-hybridized carbons (Fsp3) is 0.935. The van der Waals surface area contributed by atoms with E-state index in [0.717, 1.165) is 19.0 Å². The van der Waals surface area contributed by atoms with Crippen molar-refractivity contribution in [1.29, 1.82) is 0 Å². The first kappa shape index (κ1) is 55.7. The van der Waals surface area contributed by atoms with E-state index in [1.54, 1.807) is 6.92 Å². The molecule has 0 bridgehead atoms. The summed E-state index contributed by atoms with van der Waals surface area (Å²) in [7, 11) is 0. The first-order valence-corrected chi connectivity index (χ1v) is 22.8. The van der Waals surface area contributed by atoms with Gasteiger partial charge in [-0.2, -0.15) is 0 Å². The van der Waals surface area contributed by atoms with Gasteiger partial charge in [0.2, 0.25) is 5.91 Å². The zero-order valence-corrected chi connectivity index (χ0v) is 36.5. The molecule has 7 heteroatoms. The number of carbonyl (C=O) groups excluding carboxylic acids is 1. The molecule has 1 unspecified atom stereocenters. The van der Waals surface area contributed by atoms with Crippen molar-refractivity contribution < 1.29 is 24.6 Å². The molecule has 0 aliphatic rings. The monoisotopic (exact) mass is 755 g/mol. The third kappa shape index (κ3) is 50.4. The minimum absolute atomic E-state index is 0.0938. The van der Waals surface area contributed by atoms with E-state index < -0.39 is 0 Å². The van der Waals surface area contributed by atoms with E-state index in [-0.39, 0.29) is 24.3 Å². The molecule has 7 nitrogen and oxygen atoms in total. The summed E-state index contributed by atoms with van der Waals surface area (Å²) in [6.45, 7) is 17.1. The summed E-state index contributed by atoms with van der Waals surface area (Å²) in [5.41, 5.74) is 0.115. The summed E-state index contributed by atoms with van der Waals surface area (Å²) in [5.74, 6) is 1.08. The topological polar surface area (TPSA) is 107 Å². The van der Waals surface area contributed by atoms with Crippen molar-refractivity contribution in [1.82, 2.24) is 10.2 Å². The van der Waals surface area contributed by atoms with Crippen LogP contribution in [0.5, 0.6) is 0 Å². The first-order valence-electron chi connectivity index (χ1n) is 22.8. The molecule has 0 fully saturated rings. The van der Waals surface area contributed by atoms with Gasteiger partial charge in [-0.3, -0.25) is 14.4 Å². The van der Waals surface area contributed by atoms with Crippen molar-refractivity contribution in [2.75, 3.05) is 26.2 Å². The van der Waals surface area contributed by atoms with Crippen molar-refractivity contribution in [3.05, 3.63) is 0 Å². The average molecular weight is 755 g/mol. The second-order valence-electron chi connectivity index (χ2n) is 16.6. The standard InChI is InChI=1S/C44H90N2O.2CH2O2/c1-7-10-13-16-17-18-19-20-21-22-23-24-28-33-38-46(41-44(5,6)40-45-42(4)47)39-34-29-25-27-32-37-43(35-30-15-12-9-3)36-31-26-14-11-8-2;2*2-1-3/h43H,7-41H2,1-6H3,(H,45,47);2*1H,(H,2,3). The lowest BCUT2D eigenvalue weighted by Gasteiger charge is -2.33. The van der Waals surface area contributed by atoms with E-state index in [0.29, 0.717) is 0 Å². The molecule has 0 radical (unpaired) electrons. The normalized spacial score (nSPS) is 11.7. The molecule has 0 aliphatic heterocycles. The van der Waals surface area contributed by atoms with Crippen LogP contribution in [-0.2, 0) is 14.4 Å². The molecule has 1 atom stereocenters. The molecule has 0 aromatic heterocycles. The third-order valence-electron chi connectivity index (χ3n) is 10.6. The molecule has 1 amide bonds. The van der Waals surface area contributed by atoms with Crippen LogP contribution in [0.2, 0.25) is 0 Å². The Morgan fingerprint density at radius 3 is 1.09 bits per heavy atom. The molecule has 0 aromatic rings. The van der Waals surface area contributed by atoms with E-state index in [4.69, 9.17) is 19.8 Å². The summed E-state index contributed by atoms with van der Waals surface area (Å²) in [6, 6.07) is 0. The Morgan fingerprint density at radius 2 is 0.792 bits per heavy atom. The van der Waals surface area contributed by atoms with Gasteiger partial charge in [0.15, 0.2) is 0 Å². The van der Waals surface area contributed by atoms with Gasteiger partial charge in [-0.1, -0.05) is 221 Å². The van der Waals surface area contributed by atoms with Crippen molar-refractivity contribution in [2.45, 2.75) is 241 Å². The SMILES string of the molecule is CCCCCCCCCCCCCCCCN(CCCCCCCC(CCCCCC)CCCCCCC)CC(C)(C)CNC(C)=O.O=CO.O=CO. The van der Waals surface area contributed by atoms with Gasteiger partial charge in [-0.05, 0) is 37.3 Å². The molecular formula is C46H94N2O5. The summed E-state index contributed by atoms with van der Waals surface area (Å²) in [5, 5.41) is 16.9. The summed E-state index contributed by atoms with van der Waals surface area (Å²) >= 11 is 0. The smallest absolute Gasteiger partial charge is 0.290 e. The molecule has 53 heavy (non-hydrogen) atoms. The summed E-state index contributed by atoms with van der Waals surface area (Å²) in [4.78, 5) is 31.0. The van der Waals surface area contributed by atoms with Crippen LogP contribution in [0.15, 0.2) is 0 Å². The zero-order valence-electron chi connectivity index (χ0n) is 36.5. The van der Waals surface area contributed by atoms with E-state index in [2.05, 4.69) is 44.8 Å². The number of hydrogen-bond donors (Lipinski definition) is 3. The minimum atomic E-state index is -0.250. The summed E-state index contributed by atoms with van der Waals surface area (Å²) in [6.07, 6.45) is 44.1. The fourth-order valence-corrected chi connectivity index (χ4v) is 7.45. The van der Waals surface area contributed by atoms with Crippen LogP contribution in [0.4, 0.5) is 0 Å². The fourth-order valence-electron chi connectivity index (χ4n) is 7.45. The maximum absolute atomic E-state index is 11.6. The number of hydrogen-bond acceptors (Lipinski definition) is 4. The quantitative estimate of drug-likeness (QED) is 0.0428. The predicted octanol–water partition coefficient (Wildman–Crippen LogP) is 13.6. The van der Waals surface area contributed by atoms with Crippen molar-refractivity contribution in [3.63, 3.8) is 0 Å². The molecule has 0 saturated carbocycles. The van der Waals surface area contributed by atoms with Crippen LogP contribution in [0, 0.1) is 11.3 Å². The maximum Gasteiger partial charge on any atom is 0.290 e. The number of carboxylic acid groups (broad SMARTS) is 2. The minimum Gasteiger partial charge on any atom is -0.483 e.